The number of Topliss-reactive ketones (excluding diaryl/α,β-unsaturated/α-hetero) is 1. The molecule has 8 nitrogen and oxygen atoms in total. The summed E-state index contributed by atoms with van der Waals surface area (Å²) in [5.41, 5.74) is 2.46. The molecule has 0 atom stereocenters. The van der Waals surface area contributed by atoms with E-state index >= 15 is 0 Å². The second-order valence-electron chi connectivity index (χ2n) is 7.00. The van der Waals surface area contributed by atoms with Gasteiger partial charge in [-0.3, -0.25) is 14.9 Å². The summed E-state index contributed by atoms with van der Waals surface area (Å²) < 4.78 is 11.0. The van der Waals surface area contributed by atoms with Crippen molar-refractivity contribution >= 4 is 23.4 Å². The number of benzene rings is 2. The average molecular weight is 413 g/mol. The van der Waals surface area contributed by atoms with E-state index < -0.39 is 16.9 Å². The topological polar surface area (TPSA) is 113 Å². The fraction of sp³-hybridized carbons (Fsp3) is 0.318. The first-order valence-electron chi connectivity index (χ1n) is 9.30. The fourth-order valence-corrected chi connectivity index (χ4v) is 3.06. The van der Waals surface area contributed by atoms with E-state index in [0.717, 1.165) is 0 Å². The van der Waals surface area contributed by atoms with E-state index in [-0.39, 0.29) is 23.5 Å². The van der Waals surface area contributed by atoms with E-state index in [1.165, 1.54) is 38.1 Å². The molecule has 0 heterocycles. The monoisotopic (exact) mass is 413 g/mol. The van der Waals surface area contributed by atoms with Crippen LogP contribution in [0.25, 0.3) is 0 Å². The maximum atomic E-state index is 12.7. The Balaban J connectivity index is 2.50. The van der Waals surface area contributed by atoms with Crippen LogP contribution in [0, 0.1) is 30.9 Å². The zero-order chi connectivity index (χ0) is 22.6. The van der Waals surface area contributed by atoms with Crippen LogP contribution in [0.3, 0.4) is 0 Å². The Hall–Kier alpha value is -3.55. The number of hydrogen-bond donors (Lipinski definition) is 0. The van der Waals surface area contributed by atoms with Crippen LogP contribution in [0.1, 0.15) is 52.9 Å². The predicted octanol–water partition coefficient (Wildman–Crippen LogP) is 4.19. The summed E-state index contributed by atoms with van der Waals surface area (Å²) in [6, 6.07) is 5.08. The Morgan fingerprint density at radius 1 is 0.900 bits per heavy atom. The largest absolute Gasteiger partial charge is 0.426 e. The Morgan fingerprint density at radius 3 is 1.97 bits per heavy atom. The smallest absolute Gasteiger partial charge is 0.343 e. The van der Waals surface area contributed by atoms with Gasteiger partial charge in [-0.05, 0) is 62.9 Å². The van der Waals surface area contributed by atoms with E-state index in [0.29, 0.717) is 40.2 Å². The first-order valence-corrected chi connectivity index (χ1v) is 9.30. The molecule has 0 aliphatic carbocycles. The lowest BCUT2D eigenvalue weighted by molar-refractivity contribution is -0.384. The van der Waals surface area contributed by atoms with Gasteiger partial charge in [-0.2, -0.15) is 0 Å². The van der Waals surface area contributed by atoms with Gasteiger partial charge >= 0.3 is 11.9 Å². The number of carbonyl (C=O) groups excluding carboxylic acids is 3. The van der Waals surface area contributed by atoms with Gasteiger partial charge < -0.3 is 14.3 Å². The van der Waals surface area contributed by atoms with Crippen molar-refractivity contribution in [2.45, 2.75) is 47.5 Å². The van der Waals surface area contributed by atoms with E-state index in [9.17, 15) is 24.5 Å². The first-order chi connectivity index (χ1) is 14.0. The van der Waals surface area contributed by atoms with Crippen LogP contribution in [0.4, 0.5) is 5.69 Å². The van der Waals surface area contributed by atoms with Crippen LogP contribution in [0.2, 0.25) is 0 Å². The molecule has 0 aliphatic heterocycles. The normalized spacial score (nSPS) is 10.4. The predicted molar refractivity (Wildman–Crippen MR) is 109 cm³/mol. The van der Waals surface area contributed by atoms with Crippen molar-refractivity contribution in [3.8, 4) is 11.5 Å². The van der Waals surface area contributed by atoms with Crippen LogP contribution in [-0.2, 0) is 16.0 Å². The average Bonchev–Trinajstić information content (AvgIpc) is 2.68. The summed E-state index contributed by atoms with van der Waals surface area (Å²) >= 11 is 0. The van der Waals surface area contributed by atoms with E-state index in [4.69, 9.17) is 9.47 Å². The number of nitrogens with zero attached hydrogens (tertiary/aromatic N) is 1. The van der Waals surface area contributed by atoms with Crippen LogP contribution in [-0.4, -0.2) is 22.6 Å². The molecule has 2 rings (SSSR count). The van der Waals surface area contributed by atoms with Gasteiger partial charge in [0.1, 0.15) is 17.3 Å². The molecule has 0 amide bonds. The molecule has 0 radical (unpaired) electrons. The van der Waals surface area contributed by atoms with Gasteiger partial charge in [0.05, 0.1) is 10.5 Å². The van der Waals surface area contributed by atoms with Crippen LogP contribution >= 0.6 is 0 Å². The van der Waals surface area contributed by atoms with E-state index in [2.05, 4.69) is 0 Å². The molecule has 0 N–H and O–H groups in total. The molecule has 158 valence electrons. The van der Waals surface area contributed by atoms with Crippen molar-refractivity contribution in [2.75, 3.05) is 0 Å². The highest BCUT2D eigenvalue weighted by molar-refractivity contribution is 5.92. The molecule has 0 saturated heterocycles. The van der Waals surface area contributed by atoms with Crippen LogP contribution < -0.4 is 9.47 Å². The summed E-state index contributed by atoms with van der Waals surface area (Å²) in [7, 11) is 0. The summed E-state index contributed by atoms with van der Waals surface area (Å²) in [5, 5.41) is 10.8. The minimum atomic E-state index is -0.684. The summed E-state index contributed by atoms with van der Waals surface area (Å²) in [4.78, 5) is 46.0. The number of nitro benzene ring substituents is 1. The van der Waals surface area contributed by atoms with Crippen molar-refractivity contribution in [1.82, 2.24) is 0 Å². The molecule has 0 bridgehead atoms. The van der Waals surface area contributed by atoms with Gasteiger partial charge in [-0.15, -0.1) is 0 Å². The Labute approximate surface area is 174 Å². The second kappa shape index (κ2) is 9.30. The summed E-state index contributed by atoms with van der Waals surface area (Å²) in [5.74, 6) is -0.515. The number of ether oxygens (including phenoxy) is 2. The van der Waals surface area contributed by atoms with Crippen molar-refractivity contribution in [2.24, 2.45) is 0 Å². The lowest BCUT2D eigenvalue weighted by atomic mass is 9.94. The molecule has 0 unspecified atom stereocenters. The molecule has 0 fully saturated rings. The fourth-order valence-electron chi connectivity index (χ4n) is 3.06. The zero-order valence-corrected chi connectivity index (χ0v) is 17.5. The number of ketones is 1. The molecule has 30 heavy (non-hydrogen) atoms. The van der Waals surface area contributed by atoms with Crippen molar-refractivity contribution < 1.29 is 28.8 Å². The van der Waals surface area contributed by atoms with Crippen molar-refractivity contribution in [3.05, 3.63) is 62.2 Å². The molecule has 8 heteroatoms. The molecule has 0 aliphatic rings. The SMILES string of the molecule is CC(=O)CCc1c(C)c(OC(C)=O)c(C)c(C)c1OC(=O)c1ccc([N+](=O)[O-])cc1. The standard InChI is InChI=1S/C22H23NO7/c1-12(24)6-11-19-15(4)20(29-16(5)25)13(2)14(3)21(19)30-22(26)17-7-9-18(10-8-17)23(27)28/h7-10H,6,11H2,1-5H3. The lowest BCUT2D eigenvalue weighted by Gasteiger charge is -2.21. The number of rotatable bonds is 7. The molecular formula is C22H23NO7. The second-order valence-corrected chi connectivity index (χ2v) is 7.00. The lowest BCUT2D eigenvalue weighted by Crippen LogP contribution is -2.14. The number of hydrogen-bond acceptors (Lipinski definition) is 7. The first kappa shape index (κ1) is 22.7. The Kier molecular flexibility index (Phi) is 7.05. The third-order valence-electron chi connectivity index (χ3n) is 4.79. The molecule has 2 aromatic carbocycles. The number of carbonyl (C=O) groups is 3. The van der Waals surface area contributed by atoms with Crippen LogP contribution in [0.15, 0.2) is 24.3 Å². The van der Waals surface area contributed by atoms with Crippen molar-refractivity contribution in [3.63, 3.8) is 0 Å². The Morgan fingerprint density at radius 2 is 1.47 bits per heavy atom. The van der Waals surface area contributed by atoms with Gasteiger partial charge in [-0.25, -0.2) is 4.79 Å². The molecular weight excluding hydrogens is 390 g/mol. The highest BCUT2D eigenvalue weighted by atomic mass is 16.6. The van der Waals surface area contributed by atoms with Crippen LogP contribution in [0.5, 0.6) is 11.5 Å². The maximum Gasteiger partial charge on any atom is 0.343 e. The summed E-state index contributed by atoms with van der Waals surface area (Å²) in [6.45, 7) is 7.98. The minimum absolute atomic E-state index is 0.0330. The third-order valence-corrected chi connectivity index (χ3v) is 4.79. The van der Waals surface area contributed by atoms with E-state index in [1.54, 1.807) is 20.8 Å². The number of esters is 2. The number of nitro groups is 1. The van der Waals surface area contributed by atoms with Gasteiger partial charge in [0, 0.05) is 31.0 Å². The quantitative estimate of drug-likeness (QED) is 0.289. The highest BCUT2D eigenvalue weighted by Crippen LogP contribution is 2.39. The molecule has 0 spiro atoms. The minimum Gasteiger partial charge on any atom is -0.426 e. The third kappa shape index (κ3) is 5.08. The molecule has 0 saturated carbocycles. The summed E-state index contributed by atoms with van der Waals surface area (Å²) in [6.07, 6.45) is 0.532. The van der Waals surface area contributed by atoms with Crippen molar-refractivity contribution in [1.29, 1.82) is 0 Å². The van der Waals surface area contributed by atoms with Gasteiger partial charge in [-0.1, -0.05) is 0 Å². The Bertz CT molecular complexity index is 1020. The zero-order valence-electron chi connectivity index (χ0n) is 17.5. The van der Waals surface area contributed by atoms with Gasteiger partial charge in [0.2, 0.25) is 0 Å². The van der Waals surface area contributed by atoms with Gasteiger partial charge in [0.15, 0.2) is 0 Å². The molecule has 0 aromatic heterocycles. The maximum absolute atomic E-state index is 12.7. The van der Waals surface area contributed by atoms with E-state index in [1.807, 2.05) is 0 Å². The highest BCUT2D eigenvalue weighted by Gasteiger charge is 2.23. The van der Waals surface area contributed by atoms with Gasteiger partial charge in [0.25, 0.3) is 5.69 Å². The molecule has 2 aromatic rings. The number of non-ortho nitro benzene ring substituents is 1.